The first kappa shape index (κ1) is 114. The minimum absolute atomic E-state index is 0.109. The van der Waals surface area contributed by atoms with Crippen LogP contribution in [0.5, 0.6) is 0 Å². The second kappa shape index (κ2) is 87.9. The molecule has 690 valence electrons. The highest BCUT2D eigenvalue weighted by atomic mass is 31.2. The smallest absolute Gasteiger partial charge is 0.462 e. The first-order valence-corrected chi connectivity index (χ1v) is 53.0. The van der Waals surface area contributed by atoms with E-state index in [4.69, 9.17) is 37.0 Å². The number of carbonyl (C=O) groups is 4. The molecule has 0 aromatic heterocycles. The van der Waals surface area contributed by atoms with Crippen LogP contribution in [-0.2, 0) is 65.4 Å². The van der Waals surface area contributed by atoms with Crippen molar-refractivity contribution >= 4 is 39.5 Å². The van der Waals surface area contributed by atoms with Crippen LogP contribution in [0, 0.1) is 11.8 Å². The molecule has 116 heavy (non-hydrogen) atoms. The van der Waals surface area contributed by atoms with Gasteiger partial charge >= 0.3 is 39.5 Å². The van der Waals surface area contributed by atoms with Crippen LogP contribution in [0.3, 0.4) is 0 Å². The Morgan fingerprint density at radius 1 is 0.233 bits per heavy atom. The molecule has 0 aliphatic heterocycles. The van der Waals surface area contributed by atoms with Gasteiger partial charge in [-0.3, -0.25) is 37.3 Å². The minimum atomic E-state index is -4.97. The van der Waals surface area contributed by atoms with E-state index in [0.717, 1.165) is 102 Å². The molecule has 17 nitrogen and oxygen atoms in total. The zero-order chi connectivity index (χ0) is 84.8. The van der Waals surface area contributed by atoms with E-state index >= 15 is 0 Å². The lowest BCUT2D eigenvalue weighted by Crippen LogP contribution is -2.30. The van der Waals surface area contributed by atoms with Crippen molar-refractivity contribution in [2.45, 2.75) is 548 Å². The third-order valence-electron chi connectivity index (χ3n) is 23.0. The lowest BCUT2D eigenvalue weighted by Gasteiger charge is -2.21. The van der Waals surface area contributed by atoms with Crippen molar-refractivity contribution in [3.63, 3.8) is 0 Å². The summed E-state index contributed by atoms with van der Waals surface area (Å²) in [6, 6.07) is 0. The maximum Gasteiger partial charge on any atom is 0.472 e. The third-order valence-corrected chi connectivity index (χ3v) is 24.9. The molecule has 0 rings (SSSR count). The summed E-state index contributed by atoms with van der Waals surface area (Å²) in [7, 11) is -9.94. The SMILES string of the molecule is CCCCCCCCCCCCCCCCCCCCCCCCC(=O)O[C@H](COC(=O)CCCCCCCCCCCCCCCCCCCCC(C)C)COP(=O)(O)OC[C@@H](O)COP(=O)(O)OC[C@@H](COC(=O)CCCCCCCCCCCC(C)C)OC(=O)CCCCCCCCCCCCCCCCCCCCCCC. The first-order valence-electron chi connectivity index (χ1n) is 50.0. The molecule has 0 aromatic carbocycles. The molecular formula is C97H190O17P2. The van der Waals surface area contributed by atoms with E-state index in [1.54, 1.807) is 0 Å². The number of hydrogen-bond donors (Lipinski definition) is 3. The van der Waals surface area contributed by atoms with Gasteiger partial charge in [0.25, 0.3) is 0 Å². The number of phosphoric acid groups is 2. The Labute approximate surface area is 715 Å². The number of aliphatic hydroxyl groups excluding tert-OH is 1. The van der Waals surface area contributed by atoms with Crippen molar-refractivity contribution in [1.29, 1.82) is 0 Å². The van der Waals surface area contributed by atoms with Crippen LogP contribution < -0.4 is 0 Å². The molecule has 0 saturated carbocycles. The Morgan fingerprint density at radius 2 is 0.397 bits per heavy atom. The Hall–Kier alpha value is -1.94. The van der Waals surface area contributed by atoms with Gasteiger partial charge in [0.2, 0.25) is 0 Å². The summed E-state index contributed by atoms with van der Waals surface area (Å²) in [5.74, 6) is -0.524. The van der Waals surface area contributed by atoms with E-state index in [0.29, 0.717) is 25.7 Å². The fourth-order valence-corrected chi connectivity index (χ4v) is 16.9. The first-order chi connectivity index (χ1) is 56.4. The second-order valence-corrected chi connectivity index (χ2v) is 38.7. The van der Waals surface area contributed by atoms with Gasteiger partial charge in [0.05, 0.1) is 26.4 Å². The number of aliphatic hydroxyl groups is 1. The van der Waals surface area contributed by atoms with E-state index in [2.05, 4.69) is 41.5 Å². The predicted molar refractivity (Wildman–Crippen MR) is 483 cm³/mol. The van der Waals surface area contributed by atoms with Crippen molar-refractivity contribution in [2.75, 3.05) is 39.6 Å². The van der Waals surface area contributed by atoms with Crippen LogP contribution in [0.4, 0.5) is 0 Å². The van der Waals surface area contributed by atoms with Gasteiger partial charge in [0.1, 0.15) is 19.3 Å². The molecule has 19 heteroatoms. The molecule has 0 saturated heterocycles. The maximum atomic E-state index is 13.2. The van der Waals surface area contributed by atoms with E-state index in [1.165, 1.54) is 347 Å². The number of unbranched alkanes of at least 4 members (excludes halogenated alkanes) is 66. The molecule has 0 aliphatic rings. The van der Waals surface area contributed by atoms with Gasteiger partial charge in [0.15, 0.2) is 12.2 Å². The lowest BCUT2D eigenvalue weighted by molar-refractivity contribution is -0.161. The second-order valence-electron chi connectivity index (χ2n) is 35.8. The van der Waals surface area contributed by atoms with Crippen LogP contribution in [-0.4, -0.2) is 96.7 Å². The minimum Gasteiger partial charge on any atom is -0.462 e. The fourth-order valence-electron chi connectivity index (χ4n) is 15.4. The van der Waals surface area contributed by atoms with Crippen molar-refractivity contribution in [1.82, 2.24) is 0 Å². The van der Waals surface area contributed by atoms with Crippen LogP contribution in [0.1, 0.15) is 530 Å². The summed E-state index contributed by atoms with van der Waals surface area (Å²) in [6.07, 6.45) is 85.1. The highest BCUT2D eigenvalue weighted by molar-refractivity contribution is 7.47. The largest absolute Gasteiger partial charge is 0.472 e. The van der Waals surface area contributed by atoms with Gasteiger partial charge in [-0.1, -0.05) is 478 Å². The molecule has 0 amide bonds. The Bertz CT molecular complexity index is 2200. The topological polar surface area (TPSA) is 237 Å². The van der Waals surface area contributed by atoms with E-state index in [1.807, 2.05) is 0 Å². The molecule has 5 atom stereocenters. The normalized spacial score (nSPS) is 13.6. The van der Waals surface area contributed by atoms with Gasteiger partial charge in [-0.2, -0.15) is 0 Å². The monoisotopic (exact) mass is 1690 g/mol. The molecule has 3 N–H and O–H groups in total. The summed E-state index contributed by atoms with van der Waals surface area (Å²) in [5.41, 5.74) is 0. The average molecular weight is 1690 g/mol. The fraction of sp³-hybridized carbons (Fsp3) is 0.959. The quantitative estimate of drug-likeness (QED) is 0.0222. The van der Waals surface area contributed by atoms with E-state index in [-0.39, 0.29) is 25.7 Å². The Morgan fingerprint density at radius 3 is 0.586 bits per heavy atom. The number of hydrogen-bond acceptors (Lipinski definition) is 15. The summed E-state index contributed by atoms with van der Waals surface area (Å²) in [5, 5.41) is 10.7. The number of esters is 4. The molecule has 0 aromatic rings. The third kappa shape index (κ3) is 89.8. The highest BCUT2D eigenvalue weighted by Gasteiger charge is 2.31. The molecule has 0 heterocycles. The van der Waals surface area contributed by atoms with Crippen molar-refractivity contribution in [2.24, 2.45) is 11.8 Å². The van der Waals surface area contributed by atoms with E-state index in [9.17, 15) is 43.2 Å². The van der Waals surface area contributed by atoms with Crippen molar-refractivity contribution in [3.05, 3.63) is 0 Å². The van der Waals surface area contributed by atoms with Gasteiger partial charge in [-0.05, 0) is 37.5 Å². The van der Waals surface area contributed by atoms with Crippen LogP contribution in [0.25, 0.3) is 0 Å². The average Bonchev–Trinajstić information content (AvgIpc) is 0.897. The highest BCUT2D eigenvalue weighted by Crippen LogP contribution is 2.45. The predicted octanol–water partition coefficient (Wildman–Crippen LogP) is 30.5. The molecule has 0 bridgehead atoms. The number of carbonyl (C=O) groups excluding carboxylic acids is 4. The summed E-state index contributed by atoms with van der Waals surface area (Å²) in [4.78, 5) is 73.6. The van der Waals surface area contributed by atoms with Crippen LogP contribution in [0.15, 0.2) is 0 Å². The summed E-state index contributed by atoms with van der Waals surface area (Å²) >= 11 is 0. The molecule has 0 spiro atoms. The van der Waals surface area contributed by atoms with E-state index < -0.39 is 97.5 Å². The summed E-state index contributed by atoms with van der Waals surface area (Å²) in [6.45, 7) is 9.75. The van der Waals surface area contributed by atoms with Gasteiger partial charge in [0, 0.05) is 25.7 Å². The molecule has 0 radical (unpaired) electrons. The lowest BCUT2D eigenvalue weighted by atomic mass is 10.0. The van der Waals surface area contributed by atoms with Crippen LogP contribution >= 0.6 is 15.6 Å². The molecule has 0 fully saturated rings. The molecule has 0 aliphatic carbocycles. The van der Waals surface area contributed by atoms with Crippen LogP contribution in [0.2, 0.25) is 0 Å². The maximum absolute atomic E-state index is 13.2. The molecular weight excluding hydrogens is 1500 g/mol. The Balaban J connectivity index is 5.23. The van der Waals surface area contributed by atoms with Crippen molar-refractivity contribution in [3.8, 4) is 0 Å². The van der Waals surface area contributed by atoms with Gasteiger partial charge in [-0.25, -0.2) is 9.13 Å². The Kier molecular flexibility index (Phi) is 86.5. The molecule has 2 unspecified atom stereocenters. The number of rotatable bonds is 96. The van der Waals surface area contributed by atoms with Gasteiger partial charge in [-0.15, -0.1) is 0 Å². The number of phosphoric ester groups is 2. The summed E-state index contributed by atoms with van der Waals surface area (Å²) < 4.78 is 69.3. The standard InChI is InChI=1S/C97H190O17P2/c1-7-9-11-13-15-17-19-21-23-25-27-29-31-33-39-43-47-51-57-64-70-75-81-96(101)113-92(85-107-94(99)79-73-67-61-55-49-45-41-37-35-34-36-40-44-48-53-59-65-71-77-89(3)4)87-111-115(103,104)109-83-91(98)84-110-116(105,106)112-88-93(86-108-95(100)80-74-68-62-58-52-54-60-66-72-78-90(5)6)114-97(102)82-76-69-63-56-50-46-42-38-32-30-28-26-24-22-20-18-16-14-12-10-8-2/h89-93,98H,7-88H2,1-6H3,(H,103,104)(H,105,106)/t91-,92-,93-/m1/s1. The van der Waals surface area contributed by atoms with Crippen molar-refractivity contribution < 1.29 is 80.2 Å². The number of ether oxygens (including phenoxy) is 4. The zero-order valence-electron chi connectivity index (χ0n) is 76.8. The zero-order valence-corrected chi connectivity index (χ0v) is 78.6. The van der Waals surface area contributed by atoms with Gasteiger partial charge < -0.3 is 33.8 Å².